The van der Waals surface area contributed by atoms with Crippen LogP contribution in [0.15, 0.2) is 103 Å². The van der Waals surface area contributed by atoms with Gasteiger partial charge in [-0.05, 0) is 29.1 Å². The number of carbonyl (C=O) groups is 2. The number of carbonyl (C=O) groups excluding carboxylic acids is 2. The fourth-order valence-electron chi connectivity index (χ4n) is 4.84. The van der Waals surface area contributed by atoms with Gasteiger partial charge in [0, 0.05) is 5.39 Å². The number of rotatable bonds is 3. The number of hydrogen-bond donors (Lipinski definition) is 0. The molecule has 5 nitrogen and oxygen atoms in total. The van der Waals surface area contributed by atoms with Gasteiger partial charge in [0.15, 0.2) is 6.10 Å². The lowest BCUT2D eigenvalue weighted by Gasteiger charge is -2.29. The van der Waals surface area contributed by atoms with Crippen LogP contribution in [0, 0.1) is 5.92 Å². The van der Waals surface area contributed by atoms with Crippen molar-refractivity contribution in [3.05, 3.63) is 109 Å². The number of nitrogens with zero attached hydrogens (tertiary/aromatic N) is 2. The van der Waals surface area contributed by atoms with E-state index in [0.717, 1.165) is 22.0 Å². The molecule has 3 atom stereocenters. The molecule has 2 aliphatic heterocycles. The predicted octanol–water partition coefficient (Wildman–Crippen LogP) is 4.89. The third kappa shape index (κ3) is 2.75. The summed E-state index contributed by atoms with van der Waals surface area (Å²) in [5.74, 6) is -1.19. The Kier molecular flexibility index (Phi) is 4.30. The molecule has 2 fully saturated rings. The number of benzene rings is 4. The van der Waals surface area contributed by atoms with E-state index in [-0.39, 0.29) is 11.8 Å². The second kappa shape index (κ2) is 7.32. The number of amides is 2. The minimum absolute atomic E-state index is 0.233. The van der Waals surface area contributed by atoms with Crippen LogP contribution in [0.4, 0.5) is 11.4 Å². The first-order chi connectivity index (χ1) is 15.7. The topological polar surface area (TPSA) is 49.9 Å². The van der Waals surface area contributed by atoms with Gasteiger partial charge in [-0.15, -0.1) is 0 Å². The average molecular weight is 420 g/mol. The molecule has 4 aromatic carbocycles. The van der Waals surface area contributed by atoms with Crippen molar-refractivity contribution in [2.75, 3.05) is 9.96 Å². The van der Waals surface area contributed by atoms with E-state index in [1.54, 1.807) is 5.06 Å². The van der Waals surface area contributed by atoms with Gasteiger partial charge in [0.2, 0.25) is 5.91 Å². The van der Waals surface area contributed by atoms with Gasteiger partial charge in [-0.25, -0.2) is 9.96 Å². The zero-order valence-electron chi connectivity index (χ0n) is 17.2. The Morgan fingerprint density at radius 2 is 1.31 bits per heavy atom. The summed E-state index contributed by atoms with van der Waals surface area (Å²) in [6, 6.07) is 32.4. The maximum atomic E-state index is 13.8. The number of para-hydroxylation sites is 1. The first kappa shape index (κ1) is 18.8. The van der Waals surface area contributed by atoms with Gasteiger partial charge in [-0.3, -0.25) is 14.4 Å². The Morgan fingerprint density at radius 3 is 2.09 bits per heavy atom. The molecule has 0 spiro atoms. The molecule has 5 heteroatoms. The monoisotopic (exact) mass is 420 g/mol. The van der Waals surface area contributed by atoms with Crippen molar-refractivity contribution >= 4 is 34.0 Å². The zero-order valence-corrected chi connectivity index (χ0v) is 17.2. The van der Waals surface area contributed by atoms with Crippen molar-refractivity contribution in [3.63, 3.8) is 0 Å². The van der Waals surface area contributed by atoms with Crippen LogP contribution >= 0.6 is 0 Å². The van der Waals surface area contributed by atoms with Crippen molar-refractivity contribution in [1.82, 2.24) is 0 Å². The highest BCUT2D eigenvalue weighted by atomic mass is 16.7. The quantitative estimate of drug-likeness (QED) is 0.443. The molecular weight excluding hydrogens is 400 g/mol. The highest BCUT2D eigenvalue weighted by Crippen LogP contribution is 2.48. The molecule has 0 unspecified atom stereocenters. The number of hydroxylamine groups is 1. The maximum Gasteiger partial charge on any atom is 0.266 e. The molecule has 156 valence electrons. The van der Waals surface area contributed by atoms with Crippen LogP contribution in [0.3, 0.4) is 0 Å². The number of anilines is 2. The largest absolute Gasteiger partial charge is 0.273 e. The summed E-state index contributed by atoms with van der Waals surface area (Å²) >= 11 is 0. The third-order valence-electron chi connectivity index (χ3n) is 6.27. The Balaban J connectivity index is 1.47. The normalized spacial score (nSPS) is 22.6. The minimum Gasteiger partial charge on any atom is -0.273 e. The highest BCUT2D eigenvalue weighted by molar-refractivity contribution is 6.26. The minimum atomic E-state index is -0.869. The van der Waals surface area contributed by atoms with Gasteiger partial charge < -0.3 is 0 Å². The van der Waals surface area contributed by atoms with Crippen LogP contribution in [0.5, 0.6) is 0 Å². The molecule has 0 aromatic heterocycles. The van der Waals surface area contributed by atoms with Crippen molar-refractivity contribution < 1.29 is 14.4 Å². The molecule has 0 N–H and O–H groups in total. The molecule has 2 saturated heterocycles. The van der Waals surface area contributed by atoms with E-state index in [1.807, 2.05) is 103 Å². The van der Waals surface area contributed by atoms with Crippen LogP contribution in [-0.2, 0) is 14.4 Å². The summed E-state index contributed by atoms with van der Waals surface area (Å²) in [6.45, 7) is 0. The van der Waals surface area contributed by atoms with Crippen LogP contribution in [0.2, 0.25) is 0 Å². The van der Waals surface area contributed by atoms with Gasteiger partial charge in [0.25, 0.3) is 5.91 Å². The highest BCUT2D eigenvalue weighted by Gasteiger charge is 2.60. The first-order valence-electron chi connectivity index (χ1n) is 10.7. The summed E-state index contributed by atoms with van der Waals surface area (Å²) in [5.41, 5.74) is 2.35. The van der Waals surface area contributed by atoms with Crippen molar-refractivity contribution in [2.24, 2.45) is 5.92 Å². The lowest BCUT2D eigenvalue weighted by molar-refractivity contribution is -0.126. The predicted molar refractivity (Wildman–Crippen MR) is 123 cm³/mol. The molecule has 0 bridgehead atoms. The number of imide groups is 1. The van der Waals surface area contributed by atoms with Crippen molar-refractivity contribution in [1.29, 1.82) is 0 Å². The maximum absolute atomic E-state index is 13.8. The van der Waals surface area contributed by atoms with E-state index in [2.05, 4.69) is 0 Å². The standard InChI is InChI=1S/C27H20N2O3/c30-26-23-24(19-11-3-1-4-12-19)29(20-14-5-2-6-15-20)32-25(23)27(31)28(26)22-17-9-13-18-10-7-8-16-21(18)22/h1-17,23-25H/t23-,24+,25+/m1/s1. The Morgan fingerprint density at radius 1 is 0.656 bits per heavy atom. The van der Waals surface area contributed by atoms with Crippen molar-refractivity contribution in [2.45, 2.75) is 12.1 Å². The Bertz CT molecular complexity index is 1320. The summed E-state index contributed by atoms with van der Waals surface area (Å²) < 4.78 is 0. The van der Waals surface area contributed by atoms with E-state index in [1.165, 1.54) is 4.90 Å². The van der Waals surface area contributed by atoms with Gasteiger partial charge in [-0.2, -0.15) is 0 Å². The zero-order chi connectivity index (χ0) is 21.7. The van der Waals surface area contributed by atoms with E-state index in [0.29, 0.717) is 5.69 Å². The lowest BCUT2D eigenvalue weighted by Crippen LogP contribution is -2.37. The number of fused-ring (bicyclic) bond motifs is 2. The molecule has 6 rings (SSSR count). The summed E-state index contributed by atoms with van der Waals surface area (Å²) in [5, 5.41) is 3.57. The van der Waals surface area contributed by atoms with Crippen LogP contribution in [-0.4, -0.2) is 17.9 Å². The van der Waals surface area contributed by atoms with E-state index >= 15 is 0 Å². The van der Waals surface area contributed by atoms with Gasteiger partial charge in [0.1, 0.15) is 5.92 Å². The Hall–Kier alpha value is -3.96. The molecular formula is C27H20N2O3. The van der Waals surface area contributed by atoms with Gasteiger partial charge in [-0.1, -0.05) is 84.9 Å². The summed E-state index contributed by atoms with van der Waals surface area (Å²) in [7, 11) is 0. The van der Waals surface area contributed by atoms with Gasteiger partial charge in [0.05, 0.1) is 17.4 Å². The molecule has 32 heavy (non-hydrogen) atoms. The smallest absolute Gasteiger partial charge is 0.266 e. The fourth-order valence-corrected chi connectivity index (χ4v) is 4.84. The summed E-state index contributed by atoms with van der Waals surface area (Å²) in [4.78, 5) is 34.9. The van der Waals surface area contributed by atoms with Crippen LogP contribution in [0.1, 0.15) is 11.6 Å². The third-order valence-corrected chi connectivity index (χ3v) is 6.27. The van der Waals surface area contributed by atoms with E-state index < -0.39 is 18.1 Å². The lowest BCUT2D eigenvalue weighted by atomic mass is 9.90. The molecule has 0 aliphatic carbocycles. The first-order valence-corrected chi connectivity index (χ1v) is 10.7. The van der Waals surface area contributed by atoms with Crippen molar-refractivity contribution in [3.8, 4) is 0 Å². The molecule has 0 radical (unpaired) electrons. The van der Waals surface area contributed by atoms with Gasteiger partial charge >= 0.3 is 0 Å². The van der Waals surface area contributed by atoms with E-state index in [9.17, 15) is 9.59 Å². The molecule has 4 aromatic rings. The molecule has 0 saturated carbocycles. The summed E-state index contributed by atoms with van der Waals surface area (Å²) in [6.07, 6.45) is -0.869. The van der Waals surface area contributed by atoms with Crippen LogP contribution < -0.4 is 9.96 Å². The Labute approximate surface area is 185 Å². The molecule has 2 heterocycles. The molecule has 2 aliphatic rings. The SMILES string of the molecule is O=C1[C@H]2[C@H](ON(c3ccccc3)[C@H]2c2ccccc2)C(=O)N1c1cccc2ccccc12. The fraction of sp³-hybridized carbons (Fsp3) is 0.111. The second-order valence-electron chi connectivity index (χ2n) is 8.08. The van der Waals surface area contributed by atoms with E-state index in [4.69, 9.17) is 4.84 Å². The second-order valence-corrected chi connectivity index (χ2v) is 8.08. The molecule has 2 amide bonds. The van der Waals surface area contributed by atoms with Crippen LogP contribution in [0.25, 0.3) is 10.8 Å². The average Bonchev–Trinajstić information content (AvgIpc) is 3.36. The number of hydrogen-bond acceptors (Lipinski definition) is 4.